The lowest BCUT2D eigenvalue weighted by Crippen LogP contribution is -2.42. The number of nitrogens with one attached hydrogen (secondary N) is 1. The van der Waals surface area contributed by atoms with Crippen LogP contribution in [0.4, 0.5) is 0 Å². The molecule has 0 spiro atoms. The van der Waals surface area contributed by atoms with Crippen LogP contribution in [0.2, 0.25) is 0 Å². The third kappa shape index (κ3) is 2.46. The third-order valence-corrected chi connectivity index (χ3v) is 2.85. The molecule has 1 saturated heterocycles. The highest BCUT2D eigenvalue weighted by molar-refractivity contribution is 4.82. The average Bonchev–Trinajstić information content (AvgIpc) is 2.36. The summed E-state index contributed by atoms with van der Waals surface area (Å²) in [7, 11) is 0. The largest absolute Gasteiger partial charge is 0.377 e. The van der Waals surface area contributed by atoms with E-state index in [1.54, 1.807) is 0 Å². The minimum Gasteiger partial charge on any atom is -0.377 e. The van der Waals surface area contributed by atoms with Crippen LogP contribution in [-0.4, -0.2) is 24.8 Å². The number of hydrogen-bond acceptors (Lipinski definition) is 2. The van der Waals surface area contributed by atoms with Gasteiger partial charge >= 0.3 is 0 Å². The maximum atomic E-state index is 5.48. The maximum absolute atomic E-state index is 5.48. The van der Waals surface area contributed by atoms with Crippen molar-refractivity contribution < 1.29 is 4.74 Å². The Kier molecular flexibility index (Phi) is 3.53. The standard InChI is InChI=1S/C10H21NO/c1-7(2)8(3)11-10-5-6-12-9(10)4/h7-11H,5-6H2,1-4H3/t8-,9-,10-/m0/s1. The zero-order chi connectivity index (χ0) is 9.14. The molecule has 0 aromatic rings. The van der Waals surface area contributed by atoms with Gasteiger partial charge in [-0.05, 0) is 26.2 Å². The normalized spacial score (nSPS) is 32.8. The smallest absolute Gasteiger partial charge is 0.0700 e. The third-order valence-electron chi connectivity index (χ3n) is 2.85. The van der Waals surface area contributed by atoms with Crippen LogP contribution in [0.1, 0.15) is 34.1 Å². The zero-order valence-electron chi connectivity index (χ0n) is 8.63. The Morgan fingerprint density at radius 2 is 2.00 bits per heavy atom. The Bertz CT molecular complexity index is 136. The molecule has 1 heterocycles. The van der Waals surface area contributed by atoms with E-state index in [2.05, 4.69) is 33.0 Å². The molecule has 1 aliphatic heterocycles. The molecular weight excluding hydrogens is 150 g/mol. The average molecular weight is 171 g/mol. The fourth-order valence-corrected chi connectivity index (χ4v) is 1.48. The Balaban J connectivity index is 2.30. The molecule has 1 fully saturated rings. The summed E-state index contributed by atoms with van der Waals surface area (Å²) < 4.78 is 5.48. The van der Waals surface area contributed by atoms with Crippen LogP contribution in [0.5, 0.6) is 0 Å². The first kappa shape index (κ1) is 10.0. The second-order valence-corrected chi connectivity index (χ2v) is 4.17. The van der Waals surface area contributed by atoms with Crippen LogP contribution in [0.3, 0.4) is 0 Å². The molecule has 72 valence electrons. The fourth-order valence-electron chi connectivity index (χ4n) is 1.48. The Morgan fingerprint density at radius 3 is 2.42 bits per heavy atom. The lowest BCUT2D eigenvalue weighted by Gasteiger charge is -2.24. The zero-order valence-corrected chi connectivity index (χ0v) is 8.63. The fraction of sp³-hybridized carbons (Fsp3) is 1.00. The van der Waals surface area contributed by atoms with Gasteiger partial charge in [-0.2, -0.15) is 0 Å². The van der Waals surface area contributed by atoms with E-state index >= 15 is 0 Å². The molecule has 0 aromatic carbocycles. The van der Waals surface area contributed by atoms with E-state index in [0.717, 1.165) is 13.0 Å². The lowest BCUT2D eigenvalue weighted by molar-refractivity contribution is 0.110. The molecular formula is C10H21NO. The molecule has 0 amide bonds. The molecule has 0 aromatic heterocycles. The molecule has 3 atom stereocenters. The van der Waals surface area contributed by atoms with Crippen molar-refractivity contribution in [2.75, 3.05) is 6.61 Å². The first-order chi connectivity index (χ1) is 5.61. The summed E-state index contributed by atoms with van der Waals surface area (Å²) in [6.45, 7) is 9.81. The molecule has 1 rings (SSSR count). The molecule has 2 nitrogen and oxygen atoms in total. The van der Waals surface area contributed by atoms with Gasteiger partial charge in [0.2, 0.25) is 0 Å². The van der Waals surface area contributed by atoms with E-state index in [1.165, 1.54) is 0 Å². The van der Waals surface area contributed by atoms with Gasteiger partial charge in [0.15, 0.2) is 0 Å². The number of rotatable bonds is 3. The Morgan fingerprint density at radius 1 is 1.33 bits per heavy atom. The van der Waals surface area contributed by atoms with Crippen LogP contribution in [0.25, 0.3) is 0 Å². The van der Waals surface area contributed by atoms with Crippen LogP contribution in [0.15, 0.2) is 0 Å². The van der Waals surface area contributed by atoms with Crippen molar-refractivity contribution in [3.8, 4) is 0 Å². The van der Waals surface area contributed by atoms with Crippen LogP contribution in [0, 0.1) is 5.92 Å². The van der Waals surface area contributed by atoms with Crippen molar-refractivity contribution in [3.63, 3.8) is 0 Å². The van der Waals surface area contributed by atoms with E-state index < -0.39 is 0 Å². The Labute approximate surface area is 75.7 Å². The highest BCUT2D eigenvalue weighted by atomic mass is 16.5. The van der Waals surface area contributed by atoms with Crippen molar-refractivity contribution in [3.05, 3.63) is 0 Å². The van der Waals surface area contributed by atoms with Gasteiger partial charge < -0.3 is 10.1 Å². The topological polar surface area (TPSA) is 21.3 Å². The van der Waals surface area contributed by atoms with E-state index in [1.807, 2.05) is 0 Å². The molecule has 0 saturated carbocycles. The van der Waals surface area contributed by atoms with E-state index in [0.29, 0.717) is 24.1 Å². The summed E-state index contributed by atoms with van der Waals surface area (Å²) in [4.78, 5) is 0. The summed E-state index contributed by atoms with van der Waals surface area (Å²) in [5.74, 6) is 0.706. The van der Waals surface area contributed by atoms with Crippen LogP contribution >= 0.6 is 0 Å². The predicted octanol–water partition coefficient (Wildman–Crippen LogP) is 1.80. The summed E-state index contributed by atoms with van der Waals surface area (Å²) in [5, 5.41) is 3.60. The summed E-state index contributed by atoms with van der Waals surface area (Å²) in [5.41, 5.74) is 0. The SMILES string of the molecule is CC(C)[C@H](C)N[C@H]1CCO[C@H]1C. The minimum absolute atomic E-state index is 0.395. The van der Waals surface area contributed by atoms with Gasteiger partial charge in [0.1, 0.15) is 0 Å². The second-order valence-electron chi connectivity index (χ2n) is 4.17. The van der Waals surface area contributed by atoms with Gasteiger partial charge in [-0.3, -0.25) is 0 Å². The quantitative estimate of drug-likeness (QED) is 0.699. The van der Waals surface area contributed by atoms with Gasteiger partial charge in [0.05, 0.1) is 6.10 Å². The van der Waals surface area contributed by atoms with Gasteiger partial charge in [-0.15, -0.1) is 0 Å². The summed E-state index contributed by atoms with van der Waals surface area (Å²) in [6, 6.07) is 1.17. The van der Waals surface area contributed by atoms with Crippen molar-refractivity contribution in [1.29, 1.82) is 0 Å². The van der Waals surface area contributed by atoms with Crippen molar-refractivity contribution in [2.45, 2.75) is 52.3 Å². The van der Waals surface area contributed by atoms with E-state index in [4.69, 9.17) is 4.74 Å². The molecule has 0 bridgehead atoms. The highest BCUT2D eigenvalue weighted by Crippen LogP contribution is 2.14. The van der Waals surface area contributed by atoms with Crippen LogP contribution in [-0.2, 0) is 4.74 Å². The maximum Gasteiger partial charge on any atom is 0.0700 e. The van der Waals surface area contributed by atoms with Crippen molar-refractivity contribution >= 4 is 0 Å². The van der Waals surface area contributed by atoms with Gasteiger partial charge in [0, 0.05) is 18.7 Å². The van der Waals surface area contributed by atoms with Gasteiger partial charge in [-0.25, -0.2) is 0 Å². The van der Waals surface area contributed by atoms with Crippen molar-refractivity contribution in [1.82, 2.24) is 5.32 Å². The number of ether oxygens (including phenoxy) is 1. The van der Waals surface area contributed by atoms with Crippen LogP contribution < -0.4 is 5.32 Å². The van der Waals surface area contributed by atoms with Crippen molar-refractivity contribution in [2.24, 2.45) is 5.92 Å². The molecule has 0 radical (unpaired) electrons. The van der Waals surface area contributed by atoms with Gasteiger partial charge in [0.25, 0.3) is 0 Å². The molecule has 1 aliphatic rings. The first-order valence-corrected chi connectivity index (χ1v) is 4.99. The highest BCUT2D eigenvalue weighted by Gasteiger charge is 2.25. The molecule has 0 unspecified atom stereocenters. The second kappa shape index (κ2) is 4.24. The molecule has 2 heteroatoms. The first-order valence-electron chi connectivity index (χ1n) is 4.99. The lowest BCUT2D eigenvalue weighted by atomic mass is 10.0. The van der Waals surface area contributed by atoms with Gasteiger partial charge in [-0.1, -0.05) is 13.8 Å². The summed E-state index contributed by atoms with van der Waals surface area (Å²) in [6.07, 6.45) is 1.56. The Hall–Kier alpha value is -0.0800. The minimum atomic E-state index is 0.395. The monoisotopic (exact) mass is 171 g/mol. The molecule has 1 N–H and O–H groups in total. The molecule has 12 heavy (non-hydrogen) atoms. The van der Waals surface area contributed by atoms with E-state index in [9.17, 15) is 0 Å². The number of hydrogen-bond donors (Lipinski definition) is 1. The predicted molar refractivity (Wildman–Crippen MR) is 51.3 cm³/mol. The van der Waals surface area contributed by atoms with E-state index in [-0.39, 0.29) is 0 Å². The summed E-state index contributed by atoms with van der Waals surface area (Å²) >= 11 is 0. The molecule has 0 aliphatic carbocycles.